The van der Waals surface area contributed by atoms with Gasteiger partial charge in [0.1, 0.15) is 5.82 Å². The topological polar surface area (TPSA) is 75.3 Å². The van der Waals surface area contributed by atoms with Crippen LogP contribution in [-0.2, 0) is 21.1 Å². The molecule has 1 aliphatic heterocycles. The number of halogens is 1. The molecule has 4 rings (SSSR count). The Morgan fingerprint density at radius 3 is 2.76 bits per heavy atom. The lowest BCUT2D eigenvalue weighted by molar-refractivity contribution is -0.0156. The van der Waals surface area contributed by atoms with Gasteiger partial charge >= 0.3 is 0 Å². The number of hydrogen-bond acceptors (Lipinski definition) is 5. The molecular weight excluding hydrogens is 410 g/mol. The van der Waals surface area contributed by atoms with Gasteiger partial charge in [-0.15, -0.1) is 0 Å². The Morgan fingerprint density at radius 2 is 2.03 bits per heavy atom. The Balaban J connectivity index is 1.54. The molecule has 1 unspecified atom stereocenters. The fraction of sp³-hybridized carbons (Fsp3) is 0.286. The number of nitrogens with one attached hydrogen (secondary N) is 1. The second kappa shape index (κ2) is 8.28. The molecule has 2 heterocycles. The summed E-state index contributed by atoms with van der Waals surface area (Å²) in [5.74, 6) is 0.840. The molecule has 0 amide bonds. The maximum atomic E-state index is 11.7. The van der Waals surface area contributed by atoms with E-state index in [1.807, 2.05) is 42.6 Å². The molecule has 3 aromatic rings. The van der Waals surface area contributed by atoms with Crippen molar-refractivity contribution in [1.82, 2.24) is 14.9 Å². The van der Waals surface area contributed by atoms with E-state index in [2.05, 4.69) is 14.9 Å². The monoisotopic (exact) mass is 431 g/mol. The van der Waals surface area contributed by atoms with Crippen LogP contribution in [0, 0.1) is 0 Å². The summed E-state index contributed by atoms with van der Waals surface area (Å²) in [5.41, 5.74) is 2.94. The number of aromatic amines is 1. The molecule has 2 aromatic carbocycles. The molecule has 1 N–H and O–H groups in total. The van der Waals surface area contributed by atoms with Gasteiger partial charge in [0.15, 0.2) is 9.84 Å². The summed E-state index contributed by atoms with van der Waals surface area (Å²) in [7, 11) is -3.19. The first-order valence-corrected chi connectivity index (χ1v) is 11.6. The molecule has 0 radical (unpaired) electrons. The zero-order valence-corrected chi connectivity index (χ0v) is 17.6. The van der Waals surface area contributed by atoms with Gasteiger partial charge in [-0.2, -0.15) is 0 Å². The van der Waals surface area contributed by atoms with Gasteiger partial charge in [-0.1, -0.05) is 35.9 Å². The summed E-state index contributed by atoms with van der Waals surface area (Å²) < 4.78 is 29.0. The minimum absolute atomic E-state index is 0.00808. The first-order chi connectivity index (χ1) is 13.9. The van der Waals surface area contributed by atoms with Crippen molar-refractivity contribution in [2.24, 2.45) is 0 Å². The Labute approximate surface area is 175 Å². The molecule has 1 aliphatic rings. The van der Waals surface area contributed by atoms with Crippen molar-refractivity contribution in [3.8, 4) is 11.3 Å². The molecule has 1 aromatic heterocycles. The van der Waals surface area contributed by atoms with E-state index in [-0.39, 0.29) is 6.04 Å². The van der Waals surface area contributed by atoms with Crippen LogP contribution < -0.4 is 0 Å². The van der Waals surface area contributed by atoms with Crippen molar-refractivity contribution in [3.05, 3.63) is 71.1 Å². The molecule has 6 nitrogen and oxygen atoms in total. The third kappa shape index (κ3) is 4.70. The molecule has 1 fully saturated rings. The summed E-state index contributed by atoms with van der Waals surface area (Å²) in [6, 6.07) is 14.7. The number of H-pyrrole nitrogens is 1. The van der Waals surface area contributed by atoms with Crippen LogP contribution in [0.25, 0.3) is 11.3 Å². The summed E-state index contributed by atoms with van der Waals surface area (Å²) in [6.45, 7) is 2.65. The minimum atomic E-state index is -3.19. The Bertz CT molecular complexity index is 1100. The van der Waals surface area contributed by atoms with Crippen molar-refractivity contribution in [1.29, 1.82) is 0 Å². The average Bonchev–Trinajstić information content (AvgIpc) is 3.18. The Kier molecular flexibility index (Phi) is 5.74. The number of hydrogen-bond donors (Lipinski definition) is 1. The standard InChI is InChI=1S/C21H22ClN3O3S/c1-29(26,27)18-7-5-15(6-8-18)13-25-9-10-28-14-20(25)21-23-12-19(24-21)16-3-2-4-17(22)11-16/h2-8,11-12,20H,9-10,13-14H2,1H3,(H,23,24). The summed E-state index contributed by atoms with van der Waals surface area (Å²) in [4.78, 5) is 10.6. The molecule has 0 saturated carbocycles. The number of imidazole rings is 1. The molecule has 1 saturated heterocycles. The van der Waals surface area contributed by atoms with Crippen LogP contribution in [-0.4, -0.2) is 49.3 Å². The highest BCUT2D eigenvalue weighted by atomic mass is 35.5. The quantitative estimate of drug-likeness (QED) is 0.666. The predicted octanol–water partition coefficient (Wildman–Crippen LogP) is 3.71. The SMILES string of the molecule is CS(=O)(=O)c1ccc(CN2CCOCC2c2ncc(-c3cccc(Cl)c3)[nH]2)cc1. The molecular formula is C21H22ClN3O3S. The lowest BCUT2D eigenvalue weighted by Crippen LogP contribution is -2.39. The summed E-state index contributed by atoms with van der Waals surface area (Å²) >= 11 is 6.10. The van der Waals surface area contributed by atoms with E-state index in [0.717, 1.165) is 29.2 Å². The van der Waals surface area contributed by atoms with E-state index >= 15 is 0 Å². The molecule has 0 aliphatic carbocycles. The Morgan fingerprint density at radius 1 is 1.24 bits per heavy atom. The molecule has 29 heavy (non-hydrogen) atoms. The van der Waals surface area contributed by atoms with Crippen LogP contribution in [0.1, 0.15) is 17.4 Å². The first kappa shape index (κ1) is 20.1. The average molecular weight is 432 g/mol. The fourth-order valence-electron chi connectivity index (χ4n) is 3.46. The lowest BCUT2D eigenvalue weighted by Gasteiger charge is -2.34. The van der Waals surface area contributed by atoms with Gasteiger partial charge in [0, 0.05) is 29.9 Å². The highest BCUT2D eigenvalue weighted by molar-refractivity contribution is 7.90. The van der Waals surface area contributed by atoms with Gasteiger partial charge in [-0.3, -0.25) is 4.90 Å². The van der Waals surface area contributed by atoms with Crippen LogP contribution in [0.3, 0.4) is 0 Å². The van der Waals surface area contributed by atoms with E-state index in [1.54, 1.807) is 12.1 Å². The maximum absolute atomic E-state index is 11.7. The lowest BCUT2D eigenvalue weighted by atomic mass is 10.1. The number of ether oxygens (including phenoxy) is 1. The number of aromatic nitrogens is 2. The molecule has 1 atom stereocenters. The maximum Gasteiger partial charge on any atom is 0.175 e. The molecule has 0 bridgehead atoms. The number of sulfone groups is 1. The van der Waals surface area contributed by atoms with Gasteiger partial charge in [0.2, 0.25) is 0 Å². The molecule has 152 valence electrons. The minimum Gasteiger partial charge on any atom is -0.378 e. The number of benzene rings is 2. The summed E-state index contributed by atoms with van der Waals surface area (Å²) in [5, 5.41) is 0.679. The van der Waals surface area contributed by atoms with E-state index < -0.39 is 9.84 Å². The van der Waals surface area contributed by atoms with Crippen LogP contribution in [0.5, 0.6) is 0 Å². The van der Waals surface area contributed by atoms with Crippen LogP contribution >= 0.6 is 11.6 Å². The van der Waals surface area contributed by atoms with Crippen molar-refractivity contribution < 1.29 is 13.2 Å². The van der Waals surface area contributed by atoms with Crippen LogP contribution in [0.4, 0.5) is 0 Å². The van der Waals surface area contributed by atoms with Crippen LogP contribution in [0.15, 0.2) is 59.6 Å². The highest BCUT2D eigenvalue weighted by Crippen LogP contribution is 2.27. The largest absolute Gasteiger partial charge is 0.378 e. The van der Waals surface area contributed by atoms with E-state index in [0.29, 0.717) is 29.7 Å². The second-order valence-corrected chi connectivity index (χ2v) is 9.62. The predicted molar refractivity (Wildman–Crippen MR) is 113 cm³/mol. The highest BCUT2D eigenvalue weighted by Gasteiger charge is 2.27. The second-order valence-electron chi connectivity index (χ2n) is 7.17. The van der Waals surface area contributed by atoms with Gasteiger partial charge in [0.05, 0.1) is 36.0 Å². The number of morpholine rings is 1. The van der Waals surface area contributed by atoms with Crippen LogP contribution in [0.2, 0.25) is 5.02 Å². The number of nitrogens with zero attached hydrogens (tertiary/aromatic N) is 2. The number of rotatable bonds is 5. The van der Waals surface area contributed by atoms with Crippen molar-refractivity contribution in [2.45, 2.75) is 17.5 Å². The zero-order valence-electron chi connectivity index (χ0n) is 16.0. The Hall–Kier alpha value is -2.19. The summed E-state index contributed by atoms with van der Waals surface area (Å²) in [6.07, 6.45) is 3.03. The zero-order chi connectivity index (χ0) is 20.4. The first-order valence-electron chi connectivity index (χ1n) is 9.32. The van der Waals surface area contributed by atoms with E-state index in [1.165, 1.54) is 6.26 Å². The van der Waals surface area contributed by atoms with Crippen molar-refractivity contribution in [2.75, 3.05) is 26.0 Å². The molecule has 0 spiro atoms. The van der Waals surface area contributed by atoms with Crippen molar-refractivity contribution >= 4 is 21.4 Å². The van der Waals surface area contributed by atoms with Gasteiger partial charge in [-0.25, -0.2) is 13.4 Å². The van der Waals surface area contributed by atoms with Gasteiger partial charge in [0.25, 0.3) is 0 Å². The fourth-order valence-corrected chi connectivity index (χ4v) is 4.29. The smallest absolute Gasteiger partial charge is 0.175 e. The molecule has 8 heteroatoms. The normalized spacial score (nSPS) is 18.1. The van der Waals surface area contributed by atoms with E-state index in [4.69, 9.17) is 16.3 Å². The third-order valence-corrected chi connectivity index (χ3v) is 6.39. The third-order valence-electron chi connectivity index (χ3n) is 5.02. The van der Waals surface area contributed by atoms with Crippen molar-refractivity contribution in [3.63, 3.8) is 0 Å². The van der Waals surface area contributed by atoms with E-state index in [9.17, 15) is 8.42 Å². The van der Waals surface area contributed by atoms with Gasteiger partial charge in [-0.05, 0) is 29.8 Å². The van der Waals surface area contributed by atoms with Gasteiger partial charge < -0.3 is 9.72 Å².